The van der Waals surface area contributed by atoms with Gasteiger partial charge in [0.15, 0.2) is 0 Å². The van der Waals surface area contributed by atoms with Crippen molar-refractivity contribution < 1.29 is 18.7 Å². The largest absolute Gasteiger partial charge is 0.496 e. The number of rotatable bonds is 8. The van der Waals surface area contributed by atoms with Gasteiger partial charge in [-0.3, -0.25) is 9.59 Å². The standard InChI is InChI=1S/C26H22FN3O4/c1-33-24-15-19(27)7-12-22(24)23-13-14-26(32)30(29-23)16-25(31)28-20-8-10-21(11-9-20)34-17-18-5-3-2-4-6-18/h2-15H,16-17H2,1H3,(H,28,31). The highest BCUT2D eigenvalue weighted by Gasteiger charge is 2.12. The Kier molecular flexibility index (Phi) is 6.98. The number of carbonyl (C=O) groups is 1. The van der Waals surface area contributed by atoms with Gasteiger partial charge < -0.3 is 14.8 Å². The summed E-state index contributed by atoms with van der Waals surface area (Å²) in [7, 11) is 1.42. The van der Waals surface area contributed by atoms with Crippen molar-refractivity contribution in [2.24, 2.45) is 0 Å². The molecule has 0 spiro atoms. The number of nitrogens with zero attached hydrogens (tertiary/aromatic N) is 2. The third kappa shape index (κ3) is 5.66. The minimum Gasteiger partial charge on any atom is -0.496 e. The number of benzene rings is 3. The van der Waals surface area contributed by atoms with Crippen LogP contribution >= 0.6 is 0 Å². The van der Waals surface area contributed by atoms with E-state index in [4.69, 9.17) is 9.47 Å². The van der Waals surface area contributed by atoms with E-state index < -0.39 is 17.3 Å². The van der Waals surface area contributed by atoms with E-state index in [1.54, 1.807) is 24.3 Å². The Morgan fingerprint density at radius 2 is 1.76 bits per heavy atom. The number of halogens is 1. The molecule has 0 aliphatic heterocycles. The average molecular weight is 459 g/mol. The van der Waals surface area contributed by atoms with E-state index in [1.807, 2.05) is 30.3 Å². The Balaban J connectivity index is 1.41. The Labute approximate surface area is 195 Å². The molecule has 1 aromatic heterocycles. The summed E-state index contributed by atoms with van der Waals surface area (Å²) in [6, 6.07) is 23.5. The monoisotopic (exact) mass is 459 g/mol. The highest BCUT2D eigenvalue weighted by atomic mass is 19.1. The highest BCUT2D eigenvalue weighted by molar-refractivity contribution is 5.90. The average Bonchev–Trinajstić information content (AvgIpc) is 2.85. The third-order valence-corrected chi connectivity index (χ3v) is 4.99. The van der Waals surface area contributed by atoms with Crippen LogP contribution in [0.4, 0.5) is 10.1 Å². The van der Waals surface area contributed by atoms with Crippen LogP contribution < -0.4 is 20.3 Å². The minimum atomic E-state index is -0.454. The van der Waals surface area contributed by atoms with E-state index in [2.05, 4.69) is 10.4 Å². The van der Waals surface area contributed by atoms with Gasteiger partial charge in [0, 0.05) is 23.4 Å². The number of amides is 1. The van der Waals surface area contributed by atoms with Crippen molar-refractivity contribution >= 4 is 11.6 Å². The molecule has 0 saturated carbocycles. The van der Waals surface area contributed by atoms with E-state index in [-0.39, 0.29) is 12.3 Å². The fourth-order valence-electron chi connectivity index (χ4n) is 3.29. The van der Waals surface area contributed by atoms with E-state index >= 15 is 0 Å². The van der Waals surface area contributed by atoms with Crippen LogP contribution in [0.15, 0.2) is 89.7 Å². The van der Waals surface area contributed by atoms with Crippen LogP contribution in [-0.2, 0) is 17.9 Å². The summed E-state index contributed by atoms with van der Waals surface area (Å²) in [6.45, 7) is 0.152. The van der Waals surface area contributed by atoms with E-state index in [0.29, 0.717) is 29.3 Å². The van der Waals surface area contributed by atoms with E-state index in [9.17, 15) is 14.0 Å². The highest BCUT2D eigenvalue weighted by Crippen LogP contribution is 2.28. The van der Waals surface area contributed by atoms with E-state index in [0.717, 1.165) is 10.2 Å². The molecule has 4 rings (SSSR count). The van der Waals surface area contributed by atoms with Gasteiger partial charge in [-0.15, -0.1) is 0 Å². The zero-order valence-electron chi connectivity index (χ0n) is 18.4. The van der Waals surface area contributed by atoms with Gasteiger partial charge in [0.05, 0.1) is 12.8 Å². The van der Waals surface area contributed by atoms with Crippen LogP contribution in [0, 0.1) is 5.82 Å². The first-order valence-electron chi connectivity index (χ1n) is 10.5. The minimum absolute atomic E-state index is 0.275. The van der Waals surface area contributed by atoms with Crippen LogP contribution in [0.25, 0.3) is 11.3 Å². The van der Waals surface area contributed by atoms with Crippen molar-refractivity contribution in [3.05, 3.63) is 107 Å². The Bertz CT molecular complexity index is 1340. The lowest BCUT2D eigenvalue weighted by atomic mass is 10.1. The molecule has 4 aromatic rings. The van der Waals surface area contributed by atoms with Crippen molar-refractivity contribution in [1.29, 1.82) is 0 Å². The predicted molar refractivity (Wildman–Crippen MR) is 126 cm³/mol. The second-order valence-electron chi connectivity index (χ2n) is 7.41. The number of aromatic nitrogens is 2. The summed E-state index contributed by atoms with van der Waals surface area (Å²) >= 11 is 0. The molecule has 1 amide bonds. The number of carbonyl (C=O) groups excluding carboxylic acids is 1. The van der Waals surface area contributed by atoms with Gasteiger partial charge in [-0.1, -0.05) is 30.3 Å². The molecule has 0 unspecified atom stereocenters. The van der Waals surface area contributed by atoms with E-state index in [1.165, 1.54) is 37.4 Å². The maximum absolute atomic E-state index is 13.5. The molecule has 0 saturated heterocycles. The first-order chi connectivity index (χ1) is 16.5. The number of nitrogens with one attached hydrogen (secondary N) is 1. The first-order valence-corrected chi connectivity index (χ1v) is 10.5. The third-order valence-electron chi connectivity index (χ3n) is 4.99. The van der Waals surface area contributed by atoms with Crippen molar-refractivity contribution in [2.75, 3.05) is 12.4 Å². The Hall–Kier alpha value is -4.46. The Morgan fingerprint density at radius 3 is 2.50 bits per heavy atom. The summed E-state index contributed by atoms with van der Waals surface area (Å²) < 4.78 is 25.5. The number of ether oxygens (including phenoxy) is 2. The molecule has 7 nitrogen and oxygen atoms in total. The maximum atomic E-state index is 13.5. The van der Waals surface area contributed by atoms with Gasteiger partial charge in [0.1, 0.15) is 30.5 Å². The van der Waals surface area contributed by atoms with Crippen molar-refractivity contribution in [3.63, 3.8) is 0 Å². The van der Waals surface area contributed by atoms with Gasteiger partial charge in [-0.25, -0.2) is 9.07 Å². The summed E-state index contributed by atoms with van der Waals surface area (Å²) in [6.07, 6.45) is 0. The van der Waals surface area contributed by atoms with Gasteiger partial charge >= 0.3 is 0 Å². The van der Waals surface area contributed by atoms with Gasteiger partial charge in [-0.2, -0.15) is 5.10 Å². The molecular weight excluding hydrogens is 437 g/mol. The normalized spacial score (nSPS) is 10.5. The lowest BCUT2D eigenvalue weighted by molar-refractivity contribution is -0.117. The maximum Gasteiger partial charge on any atom is 0.267 e. The topological polar surface area (TPSA) is 82.5 Å². The second-order valence-corrected chi connectivity index (χ2v) is 7.41. The molecule has 0 atom stereocenters. The van der Waals surface area contributed by atoms with Gasteiger partial charge in [0.25, 0.3) is 5.56 Å². The number of methoxy groups -OCH3 is 1. The zero-order valence-corrected chi connectivity index (χ0v) is 18.4. The molecule has 1 heterocycles. The number of hydrogen-bond acceptors (Lipinski definition) is 5. The number of anilines is 1. The van der Waals surface area contributed by atoms with Gasteiger partial charge in [-0.05, 0) is 48.0 Å². The van der Waals surface area contributed by atoms with Crippen molar-refractivity contribution in [2.45, 2.75) is 13.2 Å². The molecule has 0 radical (unpaired) electrons. The van der Waals surface area contributed by atoms with Gasteiger partial charge in [0.2, 0.25) is 5.91 Å². The molecule has 0 bridgehead atoms. The van der Waals surface area contributed by atoms with Crippen LogP contribution in [0.1, 0.15) is 5.56 Å². The van der Waals surface area contributed by atoms with Crippen LogP contribution in [0.2, 0.25) is 0 Å². The summed E-state index contributed by atoms with van der Waals surface area (Å²) in [5.41, 5.74) is 2.05. The van der Waals surface area contributed by atoms with Crippen LogP contribution in [-0.4, -0.2) is 22.8 Å². The van der Waals surface area contributed by atoms with Crippen LogP contribution in [0.3, 0.4) is 0 Å². The predicted octanol–water partition coefficient (Wildman–Crippen LogP) is 4.28. The fourth-order valence-corrected chi connectivity index (χ4v) is 3.29. The molecule has 1 N–H and O–H groups in total. The lowest BCUT2D eigenvalue weighted by Crippen LogP contribution is -2.29. The molecule has 0 fully saturated rings. The first kappa shape index (κ1) is 22.7. The molecule has 0 aliphatic rings. The summed E-state index contributed by atoms with van der Waals surface area (Å²) in [5.74, 6) is 0.0676. The summed E-state index contributed by atoms with van der Waals surface area (Å²) in [5, 5.41) is 6.99. The van der Waals surface area contributed by atoms with Crippen LogP contribution in [0.5, 0.6) is 11.5 Å². The summed E-state index contributed by atoms with van der Waals surface area (Å²) in [4.78, 5) is 24.8. The smallest absolute Gasteiger partial charge is 0.267 e. The van der Waals surface area contributed by atoms with Crippen molar-refractivity contribution in [1.82, 2.24) is 9.78 Å². The quantitative estimate of drug-likeness (QED) is 0.425. The molecule has 0 aliphatic carbocycles. The molecular formula is C26H22FN3O4. The molecule has 8 heteroatoms. The molecule has 34 heavy (non-hydrogen) atoms. The van der Waals surface area contributed by atoms with Crippen molar-refractivity contribution in [3.8, 4) is 22.8 Å². The molecule has 172 valence electrons. The second kappa shape index (κ2) is 10.4. The zero-order chi connectivity index (χ0) is 23.9. The SMILES string of the molecule is COc1cc(F)ccc1-c1ccc(=O)n(CC(=O)Nc2ccc(OCc3ccccc3)cc2)n1. The molecule has 3 aromatic carbocycles. The number of hydrogen-bond donors (Lipinski definition) is 1. The Morgan fingerprint density at radius 1 is 1.00 bits per heavy atom. The fraction of sp³-hybridized carbons (Fsp3) is 0.115. The lowest BCUT2D eigenvalue weighted by Gasteiger charge is -2.11.